The lowest BCUT2D eigenvalue weighted by atomic mass is 9.93. The van der Waals surface area contributed by atoms with Crippen LogP contribution in [0.2, 0.25) is 0 Å². The summed E-state index contributed by atoms with van der Waals surface area (Å²) in [5, 5.41) is 6.29. The molecular weight excluding hydrogens is 402 g/mol. The highest BCUT2D eigenvalue weighted by Gasteiger charge is 2.30. The van der Waals surface area contributed by atoms with E-state index in [4.69, 9.17) is 0 Å². The SMILES string of the molecule is Cc1nc(CSc2ccc(C(=O)NC3CCN(C(=O)C(C)(C)C)CC3)cc2)cs1. The van der Waals surface area contributed by atoms with E-state index in [0.29, 0.717) is 18.7 Å². The van der Waals surface area contributed by atoms with Crippen molar-refractivity contribution in [1.82, 2.24) is 15.2 Å². The number of aryl methyl sites for hydroxylation is 1. The maximum absolute atomic E-state index is 12.6. The summed E-state index contributed by atoms with van der Waals surface area (Å²) in [6.45, 7) is 9.26. The van der Waals surface area contributed by atoms with E-state index >= 15 is 0 Å². The van der Waals surface area contributed by atoms with Gasteiger partial charge in [0, 0.05) is 46.1 Å². The third-order valence-corrected chi connectivity index (χ3v) is 6.80. The van der Waals surface area contributed by atoms with E-state index in [1.54, 1.807) is 23.1 Å². The second-order valence-corrected chi connectivity index (χ2v) is 10.6. The van der Waals surface area contributed by atoms with Crippen molar-refractivity contribution in [3.8, 4) is 0 Å². The van der Waals surface area contributed by atoms with Gasteiger partial charge < -0.3 is 10.2 Å². The van der Waals surface area contributed by atoms with Crippen molar-refractivity contribution in [2.75, 3.05) is 13.1 Å². The molecule has 0 aliphatic carbocycles. The average molecular weight is 432 g/mol. The Hall–Kier alpha value is -1.86. The minimum Gasteiger partial charge on any atom is -0.349 e. The number of rotatable bonds is 5. The number of nitrogens with zero attached hydrogens (tertiary/aromatic N) is 2. The molecule has 0 radical (unpaired) electrons. The van der Waals surface area contributed by atoms with Gasteiger partial charge in [0.15, 0.2) is 0 Å². The van der Waals surface area contributed by atoms with Crippen molar-refractivity contribution in [2.45, 2.75) is 57.2 Å². The molecule has 1 saturated heterocycles. The van der Waals surface area contributed by atoms with Crippen molar-refractivity contribution in [1.29, 1.82) is 0 Å². The van der Waals surface area contributed by atoms with Crippen LogP contribution in [-0.4, -0.2) is 40.8 Å². The van der Waals surface area contributed by atoms with Gasteiger partial charge in [-0.3, -0.25) is 9.59 Å². The van der Waals surface area contributed by atoms with E-state index in [1.165, 1.54) is 0 Å². The van der Waals surface area contributed by atoms with Crippen molar-refractivity contribution < 1.29 is 9.59 Å². The van der Waals surface area contributed by atoms with Gasteiger partial charge in [0.05, 0.1) is 10.7 Å². The van der Waals surface area contributed by atoms with E-state index in [0.717, 1.165) is 34.2 Å². The number of nitrogens with one attached hydrogen (secondary N) is 1. The van der Waals surface area contributed by atoms with Gasteiger partial charge in [-0.1, -0.05) is 20.8 Å². The highest BCUT2D eigenvalue weighted by molar-refractivity contribution is 7.98. The highest BCUT2D eigenvalue weighted by atomic mass is 32.2. The van der Waals surface area contributed by atoms with Gasteiger partial charge in [-0.25, -0.2) is 4.98 Å². The van der Waals surface area contributed by atoms with Crippen LogP contribution >= 0.6 is 23.1 Å². The molecule has 5 nitrogen and oxygen atoms in total. The zero-order valence-electron chi connectivity index (χ0n) is 17.5. The molecule has 1 aromatic heterocycles. The number of hydrogen-bond acceptors (Lipinski definition) is 5. The van der Waals surface area contributed by atoms with E-state index in [9.17, 15) is 9.59 Å². The fourth-order valence-corrected chi connectivity index (χ4v) is 4.81. The summed E-state index contributed by atoms with van der Waals surface area (Å²) in [5.41, 5.74) is 1.41. The van der Waals surface area contributed by atoms with Crippen LogP contribution in [0.15, 0.2) is 34.5 Å². The summed E-state index contributed by atoms with van der Waals surface area (Å²) >= 11 is 3.39. The van der Waals surface area contributed by atoms with E-state index < -0.39 is 0 Å². The molecule has 0 saturated carbocycles. The number of amides is 2. The minimum atomic E-state index is -0.353. The Bertz CT molecular complexity index is 848. The maximum atomic E-state index is 12.6. The van der Waals surface area contributed by atoms with Gasteiger partial charge in [-0.15, -0.1) is 23.1 Å². The third kappa shape index (κ3) is 6.06. The summed E-state index contributed by atoms with van der Waals surface area (Å²) in [6.07, 6.45) is 1.60. The molecule has 0 atom stereocenters. The fraction of sp³-hybridized carbons (Fsp3) is 0.500. The molecule has 0 spiro atoms. The maximum Gasteiger partial charge on any atom is 0.251 e. The third-order valence-electron chi connectivity index (χ3n) is 4.93. The van der Waals surface area contributed by atoms with E-state index in [1.807, 2.05) is 56.9 Å². The predicted octanol–water partition coefficient (Wildman–Crippen LogP) is 4.51. The molecule has 1 fully saturated rings. The van der Waals surface area contributed by atoms with E-state index in [2.05, 4.69) is 15.7 Å². The number of thioether (sulfide) groups is 1. The van der Waals surface area contributed by atoms with Crippen molar-refractivity contribution in [3.05, 3.63) is 45.9 Å². The Labute approximate surface area is 181 Å². The first-order valence-electron chi connectivity index (χ1n) is 9.96. The van der Waals surface area contributed by atoms with Crippen LogP contribution in [0, 0.1) is 12.3 Å². The standard InChI is InChI=1S/C22H29N3O2S2/c1-15-23-18(13-28-15)14-29-19-7-5-16(6-8-19)20(26)24-17-9-11-25(12-10-17)21(27)22(2,3)4/h5-8,13,17H,9-12,14H2,1-4H3,(H,24,26). The lowest BCUT2D eigenvalue weighted by Crippen LogP contribution is -2.49. The van der Waals surface area contributed by atoms with Crippen LogP contribution in [0.3, 0.4) is 0 Å². The number of likely N-dealkylation sites (tertiary alicyclic amines) is 1. The van der Waals surface area contributed by atoms with Gasteiger partial charge in [-0.05, 0) is 44.0 Å². The summed E-state index contributed by atoms with van der Waals surface area (Å²) in [7, 11) is 0. The van der Waals surface area contributed by atoms with Crippen LogP contribution in [0.4, 0.5) is 0 Å². The van der Waals surface area contributed by atoms with Gasteiger partial charge >= 0.3 is 0 Å². The van der Waals surface area contributed by atoms with Crippen molar-refractivity contribution in [3.63, 3.8) is 0 Å². The Morgan fingerprint density at radius 2 is 1.86 bits per heavy atom. The Balaban J connectivity index is 1.47. The molecule has 1 N–H and O–H groups in total. The summed E-state index contributed by atoms with van der Waals surface area (Å²) < 4.78 is 0. The summed E-state index contributed by atoms with van der Waals surface area (Å²) in [5.74, 6) is 0.974. The molecule has 7 heteroatoms. The van der Waals surface area contributed by atoms with Crippen LogP contribution in [0.25, 0.3) is 0 Å². The predicted molar refractivity (Wildman–Crippen MR) is 119 cm³/mol. The molecule has 2 heterocycles. The highest BCUT2D eigenvalue weighted by Crippen LogP contribution is 2.24. The first kappa shape index (κ1) is 21.8. The molecular formula is C22H29N3O2S2. The summed E-state index contributed by atoms with van der Waals surface area (Å²) in [6, 6.07) is 7.85. The fourth-order valence-electron chi connectivity index (χ4n) is 3.30. The number of carbonyl (C=O) groups excluding carboxylic acids is 2. The summed E-state index contributed by atoms with van der Waals surface area (Å²) in [4.78, 5) is 32.5. The topological polar surface area (TPSA) is 62.3 Å². The minimum absolute atomic E-state index is 0.0442. The van der Waals surface area contributed by atoms with Crippen LogP contribution in [0.1, 0.15) is 54.7 Å². The van der Waals surface area contributed by atoms with Gasteiger partial charge in [0.1, 0.15) is 0 Å². The van der Waals surface area contributed by atoms with Crippen LogP contribution in [0.5, 0.6) is 0 Å². The van der Waals surface area contributed by atoms with Crippen molar-refractivity contribution >= 4 is 34.9 Å². The van der Waals surface area contributed by atoms with Gasteiger partial charge in [0.25, 0.3) is 5.91 Å². The Kier molecular flexibility index (Phi) is 7.01. The molecule has 29 heavy (non-hydrogen) atoms. The van der Waals surface area contributed by atoms with Gasteiger partial charge in [0.2, 0.25) is 5.91 Å². The van der Waals surface area contributed by atoms with E-state index in [-0.39, 0.29) is 23.3 Å². The lowest BCUT2D eigenvalue weighted by Gasteiger charge is -2.36. The molecule has 3 rings (SSSR count). The molecule has 2 amide bonds. The number of piperidine rings is 1. The zero-order valence-corrected chi connectivity index (χ0v) is 19.2. The number of benzene rings is 1. The normalized spacial score (nSPS) is 15.4. The average Bonchev–Trinajstić information content (AvgIpc) is 3.11. The second-order valence-electron chi connectivity index (χ2n) is 8.46. The molecule has 1 aromatic carbocycles. The molecule has 0 unspecified atom stereocenters. The largest absolute Gasteiger partial charge is 0.349 e. The molecule has 0 bridgehead atoms. The Morgan fingerprint density at radius 1 is 1.21 bits per heavy atom. The smallest absolute Gasteiger partial charge is 0.251 e. The monoisotopic (exact) mass is 431 g/mol. The number of aromatic nitrogens is 1. The molecule has 1 aliphatic heterocycles. The molecule has 1 aliphatic rings. The number of hydrogen-bond donors (Lipinski definition) is 1. The van der Waals surface area contributed by atoms with Crippen LogP contribution < -0.4 is 5.32 Å². The second kappa shape index (κ2) is 9.30. The number of thiazole rings is 1. The quantitative estimate of drug-likeness (QED) is 0.708. The first-order chi connectivity index (χ1) is 13.7. The number of carbonyl (C=O) groups is 2. The van der Waals surface area contributed by atoms with Crippen LogP contribution in [-0.2, 0) is 10.5 Å². The zero-order chi connectivity index (χ0) is 21.0. The Morgan fingerprint density at radius 3 is 2.41 bits per heavy atom. The lowest BCUT2D eigenvalue weighted by molar-refractivity contribution is -0.140. The van der Waals surface area contributed by atoms with Crippen molar-refractivity contribution in [2.24, 2.45) is 5.41 Å². The first-order valence-corrected chi connectivity index (χ1v) is 11.8. The molecule has 156 valence electrons. The molecule has 2 aromatic rings. The van der Waals surface area contributed by atoms with Gasteiger partial charge in [-0.2, -0.15) is 0 Å².